The first kappa shape index (κ1) is 12.5. The first-order valence-electron chi connectivity index (χ1n) is 5.60. The lowest BCUT2D eigenvalue weighted by Gasteiger charge is -2.16. The van der Waals surface area contributed by atoms with E-state index < -0.39 is 0 Å². The highest BCUT2D eigenvalue weighted by Crippen LogP contribution is 2.14. The standard InChI is InChI=1S/C12H19ClN2/c1-3-7-14-10(4-2)9-12-11(13)6-5-8-15-12/h5-6,8,10,14H,3-4,7,9H2,1-2H3. The first-order chi connectivity index (χ1) is 7.27. The van der Waals surface area contributed by atoms with Crippen LogP contribution >= 0.6 is 11.6 Å². The van der Waals surface area contributed by atoms with Crippen molar-refractivity contribution in [2.75, 3.05) is 6.54 Å². The normalized spacial score (nSPS) is 12.7. The number of hydrogen-bond acceptors (Lipinski definition) is 2. The summed E-state index contributed by atoms with van der Waals surface area (Å²) in [6, 6.07) is 4.25. The Labute approximate surface area is 97.1 Å². The minimum absolute atomic E-state index is 0.484. The van der Waals surface area contributed by atoms with Gasteiger partial charge in [0.2, 0.25) is 0 Å². The fourth-order valence-corrected chi connectivity index (χ4v) is 1.71. The van der Waals surface area contributed by atoms with E-state index in [4.69, 9.17) is 11.6 Å². The van der Waals surface area contributed by atoms with E-state index in [1.54, 1.807) is 6.20 Å². The van der Waals surface area contributed by atoms with E-state index in [1.807, 2.05) is 12.1 Å². The molecule has 0 radical (unpaired) electrons. The first-order valence-corrected chi connectivity index (χ1v) is 5.98. The molecule has 1 aromatic rings. The fourth-order valence-electron chi connectivity index (χ4n) is 1.51. The van der Waals surface area contributed by atoms with Crippen LogP contribution in [-0.2, 0) is 6.42 Å². The van der Waals surface area contributed by atoms with Crippen molar-refractivity contribution in [3.8, 4) is 0 Å². The molecule has 0 aromatic carbocycles. The molecule has 0 bridgehead atoms. The average molecular weight is 227 g/mol. The molecule has 0 saturated heterocycles. The molecule has 84 valence electrons. The molecule has 3 heteroatoms. The SMILES string of the molecule is CCCNC(CC)Cc1ncccc1Cl. The summed E-state index contributed by atoms with van der Waals surface area (Å²) in [6.45, 7) is 5.42. The monoisotopic (exact) mass is 226 g/mol. The van der Waals surface area contributed by atoms with Crippen molar-refractivity contribution < 1.29 is 0 Å². The topological polar surface area (TPSA) is 24.9 Å². The van der Waals surface area contributed by atoms with Crippen LogP contribution in [0.2, 0.25) is 5.02 Å². The zero-order valence-electron chi connectivity index (χ0n) is 9.46. The van der Waals surface area contributed by atoms with E-state index in [-0.39, 0.29) is 0 Å². The maximum Gasteiger partial charge on any atom is 0.0622 e. The van der Waals surface area contributed by atoms with Gasteiger partial charge in [0.15, 0.2) is 0 Å². The Balaban J connectivity index is 2.54. The molecule has 15 heavy (non-hydrogen) atoms. The van der Waals surface area contributed by atoms with Crippen molar-refractivity contribution in [2.24, 2.45) is 0 Å². The summed E-state index contributed by atoms with van der Waals surface area (Å²) in [7, 11) is 0. The van der Waals surface area contributed by atoms with Crippen LogP contribution in [0.25, 0.3) is 0 Å². The lowest BCUT2D eigenvalue weighted by Crippen LogP contribution is -2.31. The molecule has 1 unspecified atom stereocenters. The summed E-state index contributed by atoms with van der Waals surface area (Å²) in [5.74, 6) is 0. The van der Waals surface area contributed by atoms with Gasteiger partial charge in [0.25, 0.3) is 0 Å². The second-order valence-corrected chi connectivity index (χ2v) is 4.10. The second-order valence-electron chi connectivity index (χ2n) is 3.70. The molecule has 1 rings (SSSR count). The number of nitrogens with zero attached hydrogens (tertiary/aromatic N) is 1. The van der Waals surface area contributed by atoms with Crippen LogP contribution in [0.3, 0.4) is 0 Å². The lowest BCUT2D eigenvalue weighted by molar-refractivity contribution is 0.490. The van der Waals surface area contributed by atoms with Crippen LogP contribution in [0, 0.1) is 0 Å². The molecular weight excluding hydrogens is 208 g/mol. The minimum atomic E-state index is 0.484. The second kappa shape index (κ2) is 6.81. The van der Waals surface area contributed by atoms with Crippen molar-refractivity contribution >= 4 is 11.6 Å². The summed E-state index contributed by atoms with van der Waals surface area (Å²) in [5, 5.41) is 4.27. The van der Waals surface area contributed by atoms with Crippen molar-refractivity contribution in [3.63, 3.8) is 0 Å². The van der Waals surface area contributed by atoms with Gasteiger partial charge in [0.1, 0.15) is 0 Å². The van der Waals surface area contributed by atoms with Crippen molar-refractivity contribution in [1.29, 1.82) is 0 Å². The summed E-state index contributed by atoms with van der Waals surface area (Å²) < 4.78 is 0. The molecule has 1 aromatic heterocycles. The highest BCUT2D eigenvalue weighted by atomic mass is 35.5. The van der Waals surface area contributed by atoms with Gasteiger partial charge < -0.3 is 5.32 Å². The van der Waals surface area contributed by atoms with Crippen LogP contribution in [0.5, 0.6) is 0 Å². The van der Waals surface area contributed by atoms with Gasteiger partial charge >= 0.3 is 0 Å². The van der Waals surface area contributed by atoms with E-state index in [0.29, 0.717) is 6.04 Å². The Morgan fingerprint density at radius 1 is 1.47 bits per heavy atom. The lowest BCUT2D eigenvalue weighted by atomic mass is 10.1. The van der Waals surface area contributed by atoms with E-state index in [1.165, 1.54) is 0 Å². The highest BCUT2D eigenvalue weighted by Gasteiger charge is 2.09. The fraction of sp³-hybridized carbons (Fsp3) is 0.583. The Hall–Kier alpha value is -0.600. The number of aromatic nitrogens is 1. The zero-order chi connectivity index (χ0) is 11.1. The molecule has 0 aliphatic heterocycles. The number of nitrogens with one attached hydrogen (secondary N) is 1. The van der Waals surface area contributed by atoms with Gasteiger partial charge in [-0.05, 0) is 31.5 Å². The molecule has 0 fully saturated rings. The quantitative estimate of drug-likeness (QED) is 0.807. The molecule has 0 amide bonds. The highest BCUT2D eigenvalue weighted by molar-refractivity contribution is 6.31. The number of rotatable bonds is 6. The Morgan fingerprint density at radius 3 is 2.87 bits per heavy atom. The Kier molecular flexibility index (Phi) is 5.66. The summed E-state index contributed by atoms with van der Waals surface area (Å²) in [6.07, 6.45) is 4.98. The van der Waals surface area contributed by atoms with Gasteiger partial charge in [0, 0.05) is 18.7 Å². The van der Waals surface area contributed by atoms with Gasteiger partial charge in [0.05, 0.1) is 10.7 Å². The predicted molar refractivity (Wildman–Crippen MR) is 65.3 cm³/mol. The number of hydrogen-bond donors (Lipinski definition) is 1. The van der Waals surface area contributed by atoms with Crippen LogP contribution < -0.4 is 5.32 Å². The molecule has 1 heterocycles. The molecule has 0 aliphatic rings. The summed E-state index contributed by atoms with van der Waals surface area (Å²) in [5.41, 5.74) is 0.995. The van der Waals surface area contributed by atoms with Crippen molar-refractivity contribution in [2.45, 2.75) is 39.2 Å². The van der Waals surface area contributed by atoms with Gasteiger partial charge in [-0.15, -0.1) is 0 Å². The molecule has 0 spiro atoms. The Morgan fingerprint density at radius 2 is 2.27 bits per heavy atom. The van der Waals surface area contributed by atoms with Gasteiger partial charge in [-0.2, -0.15) is 0 Å². The third-order valence-corrected chi connectivity index (χ3v) is 2.79. The maximum atomic E-state index is 6.07. The average Bonchev–Trinajstić information content (AvgIpc) is 2.26. The van der Waals surface area contributed by atoms with Crippen LogP contribution in [-0.4, -0.2) is 17.6 Å². The van der Waals surface area contributed by atoms with E-state index in [0.717, 1.165) is 36.5 Å². The largest absolute Gasteiger partial charge is 0.314 e. The molecule has 0 aliphatic carbocycles. The number of pyridine rings is 1. The predicted octanol–water partition coefficient (Wildman–Crippen LogP) is 3.06. The van der Waals surface area contributed by atoms with Gasteiger partial charge in [-0.25, -0.2) is 0 Å². The van der Waals surface area contributed by atoms with Gasteiger partial charge in [-0.1, -0.05) is 25.4 Å². The number of halogens is 1. The smallest absolute Gasteiger partial charge is 0.0622 e. The van der Waals surface area contributed by atoms with E-state index in [2.05, 4.69) is 24.1 Å². The third-order valence-electron chi connectivity index (χ3n) is 2.45. The summed E-state index contributed by atoms with van der Waals surface area (Å²) in [4.78, 5) is 4.30. The third kappa shape index (κ3) is 4.18. The van der Waals surface area contributed by atoms with Gasteiger partial charge in [-0.3, -0.25) is 4.98 Å². The Bertz CT molecular complexity index is 289. The molecule has 1 N–H and O–H groups in total. The maximum absolute atomic E-state index is 6.07. The van der Waals surface area contributed by atoms with Crippen LogP contribution in [0.4, 0.5) is 0 Å². The molecule has 2 nitrogen and oxygen atoms in total. The minimum Gasteiger partial charge on any atom is -0.314 e. The van der Waals surface area contributed by atoms with E-state index >= 15 is 0 Å². The van der Waals surface area contributed by atoms with E-state index in [9.17, 15) is 0 Å². The molecule has 1 atom stereocenters. The zero-order valence-corrected chi connectivity index (χ0v) is 10.2. The van der Waals surface area contributed by atoms with Crippen LogP contribution in [0.15, 0.2) is 18.3 Å². The van der Waals surface area contributed by atoms with Crippen molar-refractivity contribution in [3.05, 3.63) is 29.0 Å². The summed E-state index contributed by atoms with van der Waals surface area (Å²) >= 11 is 6.07. The van der Waals surface area contributed by atoms with Crippen molar-refractivity contribution in [1.82, 2.24) is 10.3 Å². The molecule has 0 saturated carbocycles. The molecular formula is C12H19ClN2. The van der Waals surface area contributed by atoms with Crippen LogP contribution in [0.1, 0.15) is 32.4 Å².